The van der Waals surface area contributed by atoms with Gasteiger partial charge < -0.3 is 15.3 Å². The summed E-state index contributed by atoms with van der Waals surface area (Å²) in [4.78, 5) is 22.0. The Bertz CT molecular complexity index is 973. The third-order valence-corrected chi connectivity index (χ3v) is 4.49. The summed E-state index contributed by atoms with van der Waals surface area (Å²) < 4.78 is 0. The number of hydrogen-bond donors (Lipinski definition) is 2. The highest BCUT2D eigenvalue weighted by Gasteiger charge is 2.27. The van der Waals surface area contributed by atoms with Crippen molar-refractivity contribution in [3.8, 4) is 0 Å². The Morgan fingerprint density at radius 3 is 2.85 bits per heavy atom. The van der Waals surface area contributed by atoms with Gasteiger partial charge in [0.25, 0.3) is 0 Å². The van der Waals surface area contributed by atoms with Crippen LogP contribution in [-0.2, 0) is 6.42 Å². The molecule has 0 amide bonds. The molecular formula is C20H18N4O2. The monoisotopic (exact) mass is 346 g/mol. The number of hydrogen-bond acceptors (Lipinski definition) is 5. The normalized spacial score (nSPS) is 15.6. The van der Waals surface area contributed by atoms with E-state index in [2.05, 4.69) is 45.3 Å². The molecule has 0 spiro atoms. The molecule has 6 heteroatoms. The quantitative estimate of drug-likeness (QED) is 0.743. The molecule has 1 aromatic heterocycles. The number of anilines is 4. The highest BCUT2D eigenvalue weighted by atomic mass is 16.4. The Hall–Kier alpha value is -3.41. The lowest BCUT2D eigenvalue weighted by Crippen LogP contribution is -2.24. The number of para-hydroxylation sites is 1. The Balaban J connectivity index is 1.64. The third-order valence-electron chi connectivity index (χ3n) is 4.49. The summed E-state index contributed by atoms with van der Waals surface area (Å²) in [5, 5.41) is 12.3. The van der Waals surface area contributed by atoms with E-state index in [1.807, 2.05) is 18.2 Å². The average molecular weight is 346 g/mol. The van der Waals surface area contributed by atoms with Gasteiger partial charge in [-0.2, -0.15) is 0 Å². The van der Waals surface area contributed by atoms with E-state index in [0.717, 1.165) is 17.9 Å². The molecular weight excluding hydrogens is 328 g/mol. The number of fused-ring (bicyclic) bond motifs is 1. The van der Waals surface area contributed by atoms with Gasteiger partial charge in [-0.1, -0.05) is 24.3 Å². The molecule has 6 nitrogen and oxygen atoms in total. The van der Waals surface area contributed by atoms with Gasteiger partial charge in [0.1, 0.15) is 18.0 Å². The van der Waals surface area contributed by atoms with E-state index in [4.69, 9.17) is 5.11 Å². The van der Waals surface area contributed by atoms with E-state index in [1.165, 1.54) is 11.9 Å². The van der Waals surface area contributed by atoms with Crippen molar-refractivity contribution >= 4 is 29.0 Å². The van der Waals surface area contributed by atoms with E-state index in [-0.39, 0.29) is 5.56 Å². The van der Waals surface area contributed by atoms with E-state index >= 15 is 0 Å². The van der Waals surface area contributed by atoms with Gasteiger partial charge in [0.05, 0.1) is 5.56 Å². The largest absolute Gasteiger partial charge is 0.478 e. The maximum absolute atomic E-state index is 11.1. The summed E-state index contributed by atoms with van der Waals surface area (Å²) in [6, 6.07) is 17.2. The molecule has 130 valence electrons. The van der Waals surface area contributed by atoms with Gasteiger partial charge >= 0.3 is 5.97 Å². The van der Waals surface area contributed by atoms with E-state index in [9.17, 15) is 4.79 Å². The first-order valence-electron chi connectivity index (χ1n) is 8.41. The summed E-state index contributed by atoms with van der Waals surface area (Å²) in [5.41, 5.74) is 3.37. The second-order valence-corrected chi connectivity index (χ2v) is 6.32. The molecule has 0 saturated carbocycles. The highest BCUT2D eigenvalue weighted by molar-refractivity contribution is 5.89. The number of carboxylic acids is 1. The van der Waals surface area contributed by atoms with Crippen LogP contribution >= 0.6 is 0 Å². The number of carbonyl (C=O) groups is 1. The van der Waals surface area contributed by atoms with Crippen LogP contribution in [0.1, 0.15) is 22.8 Å². The first-order valence-corrected chi connectivity index (χ1v) is 8.41. The Labute approximate surface area is 151 Å². The third kappa shape index (κ3) is 2.97. The van der Waals surface area contributed by atoms with E-state index in [0.29, 0.717) is 17.5 Å². The van der Waals surface area contributed by atoms with Crippen molar-refractivity contribution in [2.24, 2.45) is 0 Å². The van der Waals surface area contributed by atoms with Crippen LogP contribution in [0, 0.1) is 0 Å². The second kappa shape index (κ2) is 6.48. The predicted molar refractivity (Wildman–Crippen MR) is 100 cm³/mol. The zero-order valence-electron chi connectivity index (χ0n) is 14.3. The van der Waals surface area contributed by atoms with E-state index < -0.39 is 5.97 Å². The minimum absolute atomic E-state index is 0.228. The number of aromatic carboxylic acids is 1. The van der Waals surface area contributed by atoms with Crippen molar-refractivity contribution in [1.82, 2.24) is 9.97 Å². The topological polar surface area (TPSA) is 78.4 Å². The van der Waals surface area contributed by atoms with Crippen molar-refractivity contribution in [2.75, 3.05) is 10.2 Å². The Morgan fingerprint density at radius 2 is 2.00 bits per heavy atom. The molecule has 1 unspecified atom stereocenters. The van der Waals surface area contributed by atoms with Crippen LogP contribution in [0.15, 0.2) is 60.9 Å². The summed E-state index contributed by atoms with van der Waals surface area (Å²) in [7, 11) is 0. The van der Waals surface area contributed by atoms with Crippen LogP contribution in [0.3, 0.4) is 0 Å². The fourth-order valence-corrected chi connectivity index (χ4v) is 3.34. The summed E-state index contributed by atoms with van der Waals surface area (Å²) in [6.07, 6.45) is 2.50. The van der Waals surface area contributed by atoms with Crippen LogP contribution in [0.25, 0.3) is 0 Å². The first kappa shape index (κ1) is 16.1. The van der Waals surface area contributed by atoms with Crippen molar-refractivity contribution in [3.05, 3.63) is 72.1 Å². The summed E-state index contributed by atoms with van der Waals surface area (Å²) >= 11 is 0. The Morgan fingerprint density at radius 1 is 1.15 bits per heavy atom. The van der Waals surface area contributed by atoms with Gasteiger partial charge in [-0.15, -0.1) is 0 Å². The van der Waals surface area contributed by atoms with Crippen molar-refractivity contribution in [2.45, 2.75) is 19.4 Å². The molecule has 0 saturated heterocycles. The lowest BCUT2D eigenvalue weighted by Gasteiger charge is -2.24. The fraction of sp³-hybridized carbons (Fsp3) is 0.150. The standard InChI is InChI=1S/C20H18N4O2/c1-13-9-14-5-2-3-8-17(14)24(13)19-11-18(21-12-22-19)23-16-7-4-6-15(10-16)20(25)26/h2-8,10-13H,9H2,1H3,(H,25,26)(H,21,22,23). The van der Waals surface area contributed by atoms with Crippen LogP contribution < -0.4 is 10.2 Å². The number of nitrogens with one attached hydrogen (secondary N) is 1. The molecule has 0 bridgehead atoms. The number of nitrogens with zero attached hydrogens (tertiary/aromatic N) is 3. The maximum atomic E-state index is 11.1. The van der Waals surface area contributed by atoms with Crippen molar-refractivity contribution in [3.63, 3.8) is 0 Å². The average Bonchev–Trinajstić information content (AvgIpc) is 2.98. The van der Waals surface area contributed by atoms with Crippen molar-refractivity contribution < 1.29 is 9.90 Å². The van der Waals surface area contributed by atoms with Crippen LogP contribution in [0.4, 0.5) is 23.0 Å². The minimum atomic E-state index is -0.959. The van der Waals surface area contributed by atoms with Gasteiger partial charge in [-0.05, 0) is 43.2 Å². The summed E-state index contributed by atoms with van der Waals surface area (Å²) in [5.74, 6) is 0.475. The second-order valence-electron chi connectivity index (χ2n) is 6.32. The van der Waals surface area contributed by atoms with Crippen molar-refractivity contribution in [1.29, 1.82) is 0 Å². The molecule has 0 aliphatic carbocycles. The molecule has 26 heavy (non-hydrogen) atoms. The van der Waals surface area contributed by atoms with Gasteiger partial charge in [-0.3, -0.25) is 0 Å². The van der Waals surface area contributed by atoms with Crippen LogP contribution in [0.5, 0.6) is 0 Å². The molecule has 2 heterocycles. The lowest BCUT2D eigenvalue weighted by atomic mass is 10.1. The van der Waals surface area contributed by atoms with Gasteiger partial charge in [-0.25, -0.2) is 14.8 Å². The molecule has 0 radical (unpaired) electrons. The predicted octanol–water partition coefficient (Wildman–Crippen LogP) is 4.00. The number of carboxylic acid groups (broad SMARTS) is 1. The Kier molecular flexibility index (Phi) is 4.01. The van der Waals surface area contributed by atoms with Gasteiger partial charge in [0.2, 0.25) is 0 Å². The molecule has 2 N–H and O–H groups in total. The summed E-state index contributed by atoms with van der Waals surface area (Å²) in [6.45, 7) is 2.17. The number of aromatic nitrogens is 2. The molecule has 3 aromatic rings. The number of rotatable bonds is 4. The smallest absolute Gasteiger partial charge is 0.335 e. The minimum Gasteiger partial charge on any atom is -0.478 e. The van der Waals surface area contributed by atoms with Gasteiger partial charge in [0.15, 0.2) is 0 Å². The maximum Gasteiger partial charge on any atom is 0.335 e. The van der Waals surface area contributed by atoms with Crippen LogP contribution in [-0.4, -0.2) is 27.1 Å². The molecule has 1 aliphatic heterocycles. The highest BCUT2D eigenvalue weighted by Crippen LogP contribution is 2.37. The molecule has 2 aromatic carbocycles. The van der Waals surface area contributed by atoms with Gasteiger partial charge in [0, 0.05) is 23.5 Å². The molecule has 1 aliphatic rings. The lowest BCUT2D eigenvalue weighted by molar-refractivity contribution is 0.0697. The van der Waals surface area contributed by atoms with E-state index in [1.54, 1.807) is 18.2 Å². The molecule has 1 atom stereocenters. The fourth-order valence-electron chi connectivity index (χ4n) is 3.34. The molecule has 0 fully saturated rings. The zero-order valence-corrected chi connectivity index (χ0v) is 14.3. The number of benzene rings is 2. The first-order chi connectivity index (χ1) is 12.6. The van der Waals surface area contributed by atoms with Crippen LogP contribution in [0.2, 0.25) is 0 Å². The SMILES string of the molecule is CC1Cc2ccccc2N1c1cc(Nc2cccc(C(=O)O)c2)ncn1. The molecule has 4 rings (SSSR count). The zero-order chi connectivity index (χ0) is 18.1.